The lowest BCUT2D eigenvalue weighted by atomic mass is 9.80. The van der Waals surface area contributed by atoms with Crippen LogP contribution in [0.1, 0.15) is 57.6 Å². The average molecular weight is 295 g/mol. The molecule has 21 heavy (non-hydrogen) atoms. The van der Waals surface area contributed by atoms with Gasteiger partial charge in [0.05, 0.1) is 11.2 Å². The summed E-state index contributed by atoms with van der Waals surface area (Å²) >= 11 is 0. The van der Waals surface area contributed by atoms with Gasteiger partial charge in [-0.2, -0.15) is 0 Å². The van der Waals surface area contributed by atoms with Crippen LogP contribution in [0.25, 0.3) is 0 Å². The van der Waals surface area contributed by atoms with Gasteiger partial charge < -0.3 is 9.31 Å². The van der Waals surface area contributed by atoms with Crippen LogP contribution in [-0.4, -0.2) is 23.3 Å². The van der Waals surface area contributed by atoms with E-state index in [9.17, 15) is 8.78 Å². The third-order valence-corrected chi connectivity index (χ3v) is 4.92. The molecule has 2 fully saturated rings. The van der Waals surface area contributed by atoms with Gasteiger partial charge in [0.1, 0.15) is 0 Å². The van der Waals surface area contributed by atoms with Crippen molar-refractivity contribution < 1.29 is 18.1 Å². The first-order valence-electron chi connectivity index (χ1n) is 7.30. The molecule has 2 aliphatic rings. The Morgan fingerprint density at radius 2 is 1.81 bits per heavy atom. The van der Waals surface area contributed by atoms with Crippen LogP contribution in [-0.2, 0) is 9.31 Å². The maximum absolute atomic E-state index is 12.7. The van der Waals surface area contributed by atoms with Crippen molar-refractivity contribution in [1.82, 2.24) is 4.98 Å². The van der Waals surface area contributed by atoms with Crippen LogP contribution in [0.3, 0.4) is 0 Å². The molecule has 3 nitrogen and oxygen atoms in total. The minimum absolute atomic E-state index is 0.0212. The van der Waals surface area contributed by atoms with Crippen LogP contribution >= 0.6 is 0 Å². The fraction of sp³-hybridized carbons (Fsp3) is 0.667. The van der Waals surface area contributed by atoms with Crippen LogP contribution in [0.2, 0.25) is 5.82 Å². The summed E-state index contributed by atoms with van der Waals surface area (Å²) in [7, 11) is -0.268. The summed E-state index contributed by atoms with van der Waals surface area (Å²) in [6.07, 6.45) is 1.30. The van der Waals surface area contributed by atoms with Crippen molar-refractivity contribution in [2.24, 2.45) is 0 Å². The van der Waals surface area contributed by atoms with Crippen molar-refractivity contribution in [3.8, 4) is 0 Å². The number of nitrogens with zero attached hydrogens (tertiary/aromatic N) is 1. The van der Waals surface area contributed by atoms with Gasteiger partial charge >= 0.3 is 7.12 Å². The zero-order valence-electron chi connectivity index (χ0n) is 12.8. The van der Waals surface area contributed by atoms with Crippen molar-refractivity contribution in [3.05, 3.63) is 29.6 Å². The fourth-order valence-corrected chi connectivity index (χ4v) is 2.76. The number of hydrogen-bond donors (Lipinski definition) is 0. The molecule has 0 unspecified atom stereocenters. The molecule has 2 heterocycles. The van der Waals surface area contributed by atoms with Crippen molar-refractivity contribution >= 4 is 7.12 Å². The van der Waals surface area contributed by atoms with Crippen LogP contribution < -0.4 is 0 Å². The lowest BCUT2D eigenvalue weighted by molar-refractivity contribution is 0.00578. The van der Waals surface area contributed by atoms with Gasteiger partial charge in [-0.25, -0.2) is 8.78 Å². The van der Waals surface area contributed by atoms with Gasteiger partial charge in [0.2, 0.25) is 0 Å². The number of aromatic nitrogens is 1. The topological polar surface area (TPSA) is 31.4 Å². The number of pyridine rings is 1. The standard InChI is InChI=1S/C15H20BF2NO2/c1-14(2)15(3,4)21-16(20-14)12-6-11(12)9-5-10(13(17)18)8-19-7-9/h5,7-8,11-13H,6H2,1-4H3/t11-,12+/m1/s1. The molecule has 0 bridgehead atoms. The van der Waals surface area contributed by atoms with Gasteiger partial charge in [-0.15, -0.1) is 0 Å². The highest BCUT2D eigenvalue weighted by Crippen LogP contribution is 2.58. The molecule has 1 aliphatic heterocycles. The molecule has 114 valence electrons. The van der Waals surface area contributed by atoms with E-state index < -0.39 is 6.43 Å². The highest BCUT2D eigenvalue weighted by molar-refractivity contribution is 6.49. The van der Waals surface area contributed by atoms with E-state index in [2.05, 4.69) is 4.98 Å². The summed E-state index contributed by atoms with van der Waals surface area (Å²) in [5, 5.41) is 0. The van der Waals surface area contributed by atoms with E-state index in [1.165, 1.54) is 6.20 Å². The summed E-state index contributed by atoms with van der Waals surface area (Å²) < 4.78 is 37.5. The van der Waals surface area contributed by atoms with E-state index >= 15 is 0 Å². The van der Waals surface area contributed by atoms with Crippen molar-refractivity contribution in [3.63, 3.8) is 0 Å². The number of rotatable bonds is 3. The van der Waals surface area contributed by atoms with Crippen LogP contribution in [0.4, 0.5) is 8.78 Å². The van der Waals surface area contributed by atoms with E-state index in [0.717, 1.165) is 12.0 Å². The third kappa shape index (κ3) is 2.59. The summed E-state index contributed by atoms with van der Waals surface area (Å²) in [6.45, 7) is 8.07. The van der Waals surface area contributed by atoms with Crippen molar-refractivity contribution in [1.29, 1.82) is 0 Å². The Labute approximate surface area is 124 Å². The molecular weight excluding hydrogens is 275 g/mol. The third-order valence-electron chi connectivity index (χ3n) is 4.92. The predicted molar refractivity (Wildman–Crippen MR) is 76.4 cm³/mol. The summed E-state index contributed by atoms with van der Waals surface area (Å²) in [5.41, 5.74) is 0.126. The van der Waals surface area contributed by atoms with Gasteiger partial charge in [0, 0.05) is 23.8 Å². The lowest BCUT2D eigenvalue weighted by Gasteiger charge is -2.32. The Hall–Kier alpha value is -1.01. The Bertz CT molecular complexity index is 534. The average Bonchev–Trinajstić information content (AvgIpc) is 3.13. The Morgan fingerprint density at radius 1 is 1.19 bits per heavy atom. The van der Waals surface area contributed by atoms with Crippen molar-refractivity contribution in [2.45, 2.75) is 63.5 Å². The molecule has 1 aromatic heterocycles. The molecule has 1 saturated carbocycles. The second kappa shape index (κ2) is 4.75. The number of hydrogen-bond acceptors (Lipinski definition) is 3. The molecule has 6 heteroatoms. The molecule has 1 aliphatic carbocycles. The molecule has 0 aromatic carbocycles. The van der Waals surface area contributed by atoms with Crippen LogP contribution in [0.5, 0.6) is 0 Å². The normalized spacial score (nSPS) is 30.0. The summed E-state index contributed by atoms with van der Waals surface area (Å²) in [6, 6.07) is 1.55. The van der Waals surface area contributed by atoms with E-state index in [-0.39, 0.29) is 35.6 Å². The lowest BCUT2D eigenvalue weighted by Crippen LogP contribution is -2.41. The van der Waals surface area contributed by atoms with Gasteiger partial charge in [-0.1, -0.05) is 0 Å². The molecule has 1 saturated heterocycles. The first-order chi connectivity index (χ1) is 9.71. The quantitative estimate of drug-likeness (QED) is 0.791. The van der Waals surface area contributed by atoms with E-state index in [1.54, 1.807) is 12.3 Å². The second-order valence-corrected chi connectivity index (χ2v) is 6.98. The zero-order valence-corrected chi connectivity index (χ0v) is 12.8. The van der Waals surface area contributed by atoms with Crippen LogP contribution in [0.15, 0.2) is 18.5 Å². The largest absolute Gasteiger partial charge is 0.461 e. The van der Waals surface area contributed by atoms with Gasteiger partial charge in [-0.3, -0.25) is 4.98 Å². The Morgan fingerprint density at radius 3 is 2.38 bits per heavy atom. The molecule has 0 N–H and O–H groups in total. The maximum Gasteiger partial charge on any atom is 0.461 e. The van der Waals surface area contributed by atoms with Gasteiger partial charge in [-0.05, 0) is 51.7 Å². The summed E-state index contributed by atoms with van der Waals surface area (Å²) in [4.78, 5) is 3.92. The first-order valence-corrected chi connectivity index (χ1v) is 7.30. The van der Waals surface area contributed by atoms with Gasteiger partial charge in [0.25, 0.3) is 6.43 Å². The minimum atomic E-state index is -2.48. The molecule has 0 radical (unpaired) electrons. The smallest absolute Gasteiger partial charge is 0.403 e. The first kappa shape index (κ1) is 14.9. The number of alkyl halides is 2. The molecule has 0 amide bonds. The Kier molecular flexibility index (Phi) is 3.37. The Balaban J connectivity index is 1.72. The summed E-state index contributed by atoms with van der Waals surface area (Å²) in [5.74, 6) is 0.423. The van der Waals surface area contributed by atoms with E-state index in [0.29, 0.717) is 0 Å². The molecule has 0 spiro atoms. The molecule has 1 aromatic rings. The van der Waals surface area contributed by atoms with Gasteiger partial charge in [0.15, 0.2) is 0 Å². The van der Waals surface area contributed by atoms with E-state index in [4.69, 9.17) is 9.31 Å². The second-order valence-electron chi connectivity index (χ2n) is 6.98. The highest BCUT2D eigenvalue weighted by Gasteiger charge is 2.59. The molecule has 3 rings (SSSR count). The maximum atomic E-state index is 12.7. The monoisotopic (exact) mass is 295 g/mol. The number of halogens is 2. The molecule has 2 atom stereocenters. The van der Waals surface area contributed by atoms with E-state index in [1.807, 2.05) is 27.7 Å². The highest BCUT2D eigenvalue weighted by atomic mass is 19.3. The fourth-order valence-electron chi connectivity index (χ4n) is 2.76. The minimum Gasteiger partial charge on any atom is -0.403 e. The van der Waals surface area contributed by atoms with Crippen molar-refractivity contribution in [2.75, 3.05) is 0 Å². The zero-order chi connectivity index (χ0) is 15.4. The molecular formula is C15H20BF2NO2. The SMILES string of the molecule is CC1(C)OB([C@H]2C[C@@H]2c2cncc(C(F)F)c2)OC1(C)C. The van der Waals surface area contributed by atoms with Crippen LogP contribution in [0, 0.1) is 0 Å². The predicted octanol–water partition coefficient (Wildman–Crippen LogP) is 3.97.